The Bertz CT molecular complexity index is 854. The highest BCUT2D eigenvalue weighted by atomic mass is 16.5. The lowest BCUT2D eigenvalue weighted by molar-refractivity contribution is 0.227. The molecule has 0 spiro atoms. The third-order valence-electron chi connectivity index (χ3n) is 3.76. The highest BCUT2D eigenvalue weighted by Gasteiger charge is 2.37. The molecule has 6 nitrogen and oxygen atoms in total. The van der Waals surface area contributed by atoms with Crippen molar-refractivity contribution in [2.75, 3.05) is 7.11 Å². The maximum atomic E-state index is 12.3. The molecule has 0 saturated heterocycles. The first kappa shape index (κ1) is 12.8. The summed E-state index contributed by atoms with van der Waals surface area (Å²) in [4.78, 5) is 23.9. The summed E-state index contributed by atoms with van der Waals surface area (Å²) in [5.74, 6) is 1.24. The van der Waals surface area contributed by atoms with Gasteiger partial charge in [-0.2, -0.15) is 0 Å². The van der Waals surface area contributed by atoms with Gasteiger partial charge < -0.3 is 14.5 Å². The molecule has 6 heteroatoms. The van der Waals surface area contributed by atoms with Crippen molar-refractivity contribution in [3.05, 3.63) is 52.5 Å². The Morgan fingerprint density at radius 1 is 1.32 bits per heavy atom. The van der Waals surface area contributed by atoms with Crippen LogP contribution in [0.25, 0.3) is 11.4 Å². The number of dihydropyridines is 1. The zero-order valence-corrected chi connectivity index (χ0v) is 11.8. The molecule has 2 aromatic rings. The van der Waals surface area contributed by atoms with Crippen LogP contribution in [0.15, 0.2) is 46.2 Å². The first-order valence-electron chi connectivity index (χ1n) is 6.92. The van der Waals surface area contributed by atoms with E-state index in [1.165, 1.54) is 0 Å². The van der Waals surface area contributed by atoms with Gasteiger partial charge >= 0.3 is 0 Å². The van der Waals surface area contributed by atoms with Crippen LogP contribution in [0, 0.1) is 0 Å². The molecule has 2 atom stereocenters. The first-order valence-corrected chi connectivity index (χ1v) is 6.92. The van der Waals surface area contributed by atoms with E-state index in [1.54, 1.807) is 13.3 Å². The van der Waals surface area contributed by atoms with Crippen LogP contribution in [0.1, 0.15) is 11.6 Å². The van der Waals surface area contributed by atoms with E-state index in [1.807, 2.05) is 36.4 Å². The smallest absolute Gasteiger partial charge is 0.293 e. The van der Waals surface area contributed by atoms with E-state index in [0.29, 0.717) is 17.3 Å². The summed E-state index contributed by atoms with van der Waals surface area (Å²) < 4.78 is 10.9. The first-order chi connectivity index (χ1) is 10.8. The van der Waals surface area contributed by atoms with Crippen LogP contribution in [0.4, 0.5) is 0 Å². The highest BCUT2D eigenvalue weighted by molar-refractivity contribution is 5.73. The number of fused-ring (bicyclic) bond motifs is 3. The molecule has 110 valence electrons. The molecule has 0 aliphatic carbocycles. The van der Waals surface area contributed by atoms with Crippen LogP contribution >= 0.6 is 0 Å². The average Bonchev–Trinajstić information content (AvgIpc) is 2.94. The van der Waals surface area contributed by atoms with Gasteiger partial charge in [0.2, 0.25) is 12.0 Å². The Balaban J connectivity index is 1.88. The number of benzene rings is 1. The van der Waals surface area contributed by atoms with Crippen LogP contribution in [-0.2, 0) is 0 Å². The lowest BCUT2D eigenvalue weighted by Gasteiger charge is -2.12. The van der Waals surface area contributed by atoms with E-state index in [2.05, 4.69) is 15.0 Å². The minimum absolute atomic E-state index is 0.129. The standard InChI is InChI=1S/C16H13N3O3/c1-21-11-7-3-2-5-9(11)14-18-12-10-6-4-8-17-16(10)22-13(12)15(20)19-14/h2-8,10,16H,1H3,(H,18,19,20). The number of hydrogen-bond donors (Lipinski definition) is 1. The number of hydrogen-bond acceptors (Lipinski definition) is 5. The fraction of sp³-hybridized carbons (Fsp3) is 0.188. The Kier molecular flexibility index (Phi) is 2.82. The van der Waals surface area contributed by atoms with Gasteiger partial charge in [0.05, 0.1) is 18.6 Å². The number of aromatic nitrogens is 2. The molecule has 2 aliphatic heterocycles. The molecule has 0 bridgehead atoms. The number of nitrogens with zero attached hydrogens (tertiary/aromatic N) is 2. The zero-order valence-electron chi connectivity index (χ0n) is 11.8. The quantitative estimate of drug-likeness (QED) is 0.918. The van der Waals surface area contributed by atoms with Crippen molar-refractivity contribution in [3.63, 3.8) is 0 Å². The molecule has 2 unspecified atom stereocenters. The molecule has 0 amide bonds. The number of allylic oxidation sites excluding steroid dienone is 1. The summed E-state index contributed by atoms with van der Waals surface area (Å²) in [7, 11) is 1.59. The molecule has 0 fully saturated rings. The lowest BCUT2D eigenvalue weighted by Crippen LogP contribution is -2.17. The van der Waals surface area contributed by atoms with Gasteiger partial charge in [-0.05, 0) is 18.2 Å². The summed E-state index contributed by atoms with van der Waals surface area (Å²) in [5.41, 5.74) is 1.04. The molecule has 3 heterocycles. The summed E-state index contributed by atoms with van der Waals surface area (Å²) in [6.45, 7) is 0. The van der Waals surface area contributed by atoms with Gasteiger partial charge in [0.15, 0.2) is 0 Å². The van der Waals surface area contributed by atoms with Crippen LogP contribution in [0.2, 0.25) is 0 Å². The molecule has 2 aliphatic rings. The predicted octanol–water partition coefficient (Wildman–Crippen LogP) is 1.89. The number of nitrogens with one attached hydrogen (secondary N) is 1. The van der Waals surface area contributed by atoms with Crippen molar-refractivity contribution in [1.82, 2.24) is 9.97 Å². The van der Waals surface area contributed by atoms with Crippen LogP contribution in [0.5, 0.6) is 11.5 Å². The second-order valence-corrected chi connectivity index (χ2v) is 5.05. The Hall–Kier alpha value is -2.89. The second-order valence-electron chi connectivity index (χ2n) is 5.05. The van der Waals surface area contributed by atoms with Gasteiger partial charge in [-0.1, -0.05) is 18.2 Å². The fourth-order valence-electron chi connectivity index (χ4n) is 2.73. The largest absolute Gasteiger partial charge is 0.496 e. The molecular weight excluding hydrogens is 282 g/mol. The summed E-state index contributed by atoms with van der Waals surface area (Å²) in [6, 6.07) is 7.42. The molecule has 1 aromatic heterocycles. The maximum absolute atomic E-state index is 12.3. The molecule has 1 aromatic carbocycles. The van der Waals surface area contributed by atoms with Crippen molar-refractivity contribution in [3.8, 4) is 22.9 Å². The van der Waals surface area contributed by atoms with Gasteiger partial charge in [-0.3, -0.25) is 4.79 Å². The topological polar surface area (TPSA) is 76.6 Å². The predicted molar refractivity (Wildman–Crippen MR) is 81.6 cm³/mol. The second kappa shape index (κ2) is 4.84. The van der Waals surface area contributed by atoms with Gasteiger partial charge in [0, 0.05) is 6.21 Å². The summed E-state index contributed by atoms with van der Waals surface area (Å²) in [6.07, 6.45) is 5.05. The molecule has 4 rings (SSSR count). The number of aromatic amines is 1. The number of para-hydroxylation sites is 1. The van der Waals surface area contributed by atoms with E-state index in [9.17, 15) is 4.79 Å². The number of rotatable bonds is 2. The van der Waals surface area contributed by atoms with E-state index >= 15 is 0 Å². The summed E-state index contributed by atoms with van der Waals surface area (Å²) >= 11 is 0. The van der Waals surface area contributed by atoms with Gasteiger partial charge in [-0.15, -0.1) is 0 Å². The molecule has 22 heavy (non-hydrogen) atoms. The van der Waals surface area contributed by atoms with Crippen molar-refractivity contribution < 1.29 is 9.47 Å². The average molecular weight is 295 g/mol. The molecule has 0 saturated carbocycles. The Labute approximate surface area is 126 Å². The fourth-order valence-corrected chi connectivity index (χ4v) is 2.73. The zero-order chi connectivity index (χ0) is 15.1. The molecular formula is C16H13N3O3. The number of H-pyrrole nitrogens is 1. The Morgan fingerprint density at radius 2 is 2.18 bits per heavy atom. The number of ether oxygens (including phenoxy) is 2. The lowest BCUT2D eigenvalue weighted by atomic mass is 10.0. The number of aliphatic imine (C=N–C) groups is 1. The van der Waals surface area contributed by atoms with E-state index < -0.39 is 6.23 Å². The SMILES string of the molecule is COc1ccccc1-c1nc2c(c(=O)[nH]1)OC1N=CC=CC21. The van der Waals surface area contributed by atoms with E-state index in [0.717, 1.165) is 5.56 Å². The van der Waals surface area contributed by atoms with Crippen LogP contribution in [-0.4, -0.2) is 29.5 Å². The maximum Gasteiger partial charge on any atom is 0.293 e. The van der Waals surface area contributed by atoms with E-state index in [4.69, 9.17) is 9.47 Å². The third-order valence-corrected chi connectivity index (χ3v) is 3.76. The van der Waals surface area contributed by atoms with Gasteiger partial charge in [-0.25, -0.2) is 9.98 Å². The van der Waals surface area contributed by atoms with Crippen molar-refractivity contribution in [2.24, 2.45) is 4.99 Å². The van der Waals surface area contributed by atoms with Crippen molar-refractivity contribution in [1.29, 1.82) is 0 Å². The highest BCUT2D eigenvalue weighted by Crippen LogP contribution is 2.38. The van der Waals surface area contributed by atoms with Crippen molar-refractivity contribution >= 4 is 6.21 Å². The van der Waals surface area contributed by atoms with Crippen LogP contribution < -0.4 is 15.0 Å². The van der Waals surface area contributed by atoms with Gasteiger partial charge in [0.1, 0.15) is 17.3 Å². The molecule has 1 N–H and O–H groups in total. The third kappa shape index (κ3) is 1.84. The Morgan fingerprint density at radius 3 is 3.05 bits per heavy atom. The monoisotopic (exact) mass is 295 g/mol. The van der Waals surface area contributed by atoms with Crippen LogP contribution in [0.3, 0.4) is 0 Å². The minimum atomic E-state index is -0.401. The number of methoxy groups -OCH3 is 1. The molecule has 0 radical (unpaired) electrons. The normalized spacial score (nSPS) is 21.1. The van der Waals surface area contributed by atoms with E-state index in [-0.39, 0.29) is 17.2 Å². The van der Waals surface area contributed by atoms with Gasteiger partial charge in [0.25, 0.3) is 5.56 Å². The minimum Gasteiger partial charge on any atom is -0.496 e. The van der Waals surface area contributed by atoms with Crippen molar-refractivity contribution in [2.45, 2.75) is 12.1 Å². The summed E-state index contributed by atoms with van der Waals surface area (Å²) in [5, 5.41) is 0.